The van der Waals surface area contributed by atoms with E-state index in [1.807, 2.05) is 13.0 Å². The normalized spacial score (nSPS) is 18.9. The number of nitrogens with one attached hydrogen (secondary N) is 1. The number of nitrogens with zero attached hydrogens (tertiary/aromatic N) is 3. The van der Waals surface area contributed by atoms with Crippen LogP contribution in [0.15, 0.2) is 24.5 Å². The van der Waals surface area contributed by atoms with Gasteiger partial charge in [0.1, 0.15) is 11.4 Å². The topological polar surface area (TPSA) is 117 Å². The molecule has 2 aliphatic heterocycles. The quantitative estimate of drug-likeness (QED) is 0.587. The first-order valence-electron chi connectivity index (χ1n) is 9.13. The molecule has 10 heteroatoms. The minimum absolute atomic E-state index is 0.111. The lowest BCUT2D eigenvalue weighted by atomic mass is 9.76. The van der Waals surface area contributed by atoms with Crippen LogP contribution in [0.5, 0.6) is 11.6 Å². The second kappa shape index (κ2) is 7.84. The molecule has 1 aromatic heterocycles. The Morgan fingerprint density at radius 2 is 2.29 bits per heavy atom. The van der Waals surface area contributed by atoms with Gasteiger partial charge in [-0.25, -0.2) is 9.97 Å². The fourth-order valence-corrected chi connectivity index (χ4v) is 3.53. The molecule has 4 rings (SSSR count). The molecule has 1 amide bonds. The maximum atomic E-state index is 12.7. The third kappa shape index (κ3) is 3.47. The lowest BCUT2D eigenvalue weighted by molar-refractivity contribution is 0.0530. The third-order valence-electron chi connectivity index (χ3n) is 5.08. The van der Waals surface area contributed by atoms with Crippen LogP contribution in [0.4, 0.5) is 0 Å². The highest BCUT2D eigenvalue weighted by atomic mass is 16.5. The average molecular weight is 384 g/mol. The van der Waals surface area contributed by atoms with E-state index < -0.39 is 7.12 Å². The molecule has 3 N–H and O–H groups in total. The van der Waals surface area contributed by atoms with Crippen LogP contribution < -0.4 is 15.5 Å². The molecule has 9 nitrogen and oxygen atoms in total. The molecule has 2 aliphatic rings. The van der Waals surface area contributed by atoms with Gasteiger partial charge in [-0.3, -0.25) is 4.79 Å². The number of amides is 1. The van der Waals surface area contributed by atoms with E-state index in [0.717, 1.165) is 11.1 Å². The van der Waals surface area contributed by atoms with E-state index in [9.17, 15) is 14.9 Å². The van der Waals surface area contributed by atoms with E-state index in [2.05, 4.69) is 15.3 Å². The number of hydrogen-bond donors (Lipinski definition) is 3. The molecular weight excluding hydrogens is 363 g/mol. The van der Waals surface area contributed by atoms with Crippen molar-refractivity contribution < 1.29 is 24.3 Å². The second-order valence-corrected chi connectivity index (χ2v) is 6.81. The number of benzene rings is 1. The molecule has 0 bridgehead atoms. The van der Waals surface area contributed by atoms with Gasteiger partial charge in [-0.2, -0.15) is 0 Å². The molecule has 1 fully saturated rings. The van der Waals surface area contributed by atoms with Gasteiger partial charge in [0, 0.05) is 19.6 Å². The molecule has 1 unspecified atom stereocenters. The number of hydrogen-bond acceptors (Lipinski definition) is 8. The first kappa shape index (κ1) is 18.8. The summed E-state index contributed by atoms with van der Waals surface area (Å²) in [6, 6.07) is 3.36. The zero-order valence-corrected chi connectivity index (χ0v) is 15.5. The molecule has 2 aromatic rings. The number of carbonyl (C=O) groups excluding carboxylic acids is 1. The first-order valence-corrected chi connectivity index (χ1v) is 9.13. The van der Waals surface area contributed by atoms with Crippen LogP contribution in [0.1, 0.15) is 21.6 Å². The highest BCUT2D eigenvalue weighted by Crippen LogP contribution is 2.25. The van der Waals surface area contributed by atoms with Gasteiger partial charge in [-0.15, -0.1) is 0 Å². The Balaban J connectivity index is 1.50. The molecule has 3 heterocycles. The van der Waals surface area contributed by atoms with Gasteiger partial charge in [0.25, 0.3) is 5.91 Å². The highest BCUT2D eigenvalue weighted by Gasteiger charge is 2.31. The van der Waals surface area contributed by atoms with Crippen molar-refractivity contribution in [3.8, 4) is 11.6 Å². The molecule has 1 saturated heterocycles. The van der Waals surface area contributed by atoms with Crippen molar-refractivity contribution in [2.75, 3.05) is 26.2 Å². The Kier molecular flexibility index (Phi) is 5.27. The number of aliphatic hydroxyl groups excluding tert-OH is 1. The largest absolute Gasteiger partial charge is 0.492 e. The second-order valence-electron chi connectivity index (χ2n) is 6.81. The first-order chi connectivity index (χ1) is 13.6. The Bertz CT molecular complexity index is 879. The van der Waals surface area contributed by atoms with Crippen LogP contribution in [0.3, 0.4) is 0 Å². The van der Waals surface area contributed by atoms with Gasteiger partial charge in [-0.1, -0.05) is 6.07 Å². The molecule has 1 atom stereocenters. The Morgan fingerprint density at radius 3 is 3.04 bits per heavy atom. The summed E-state index contributed by atoms with van der Waals surface area (Å²) in [6.45, 7) is 3.82. The maximum Gasteiger partial charge on any atom is 0.492 e. The molecule has 146 valence electrons. The van der Waals surface area contributed by atoms with Crippen molar-refractivity contribution in [3.05, 3.63) is 41.3 Å². The van der Waals surface area contributed by atoms with Crippen LogP contribution >= 0.6 is 0 Å². The number of aliphatic hydroxyl groups is 1. The van der Waals surface area contributed by atoms with E-state index in [-0.39, 0.29) is 30.1 Å². The van der Waals surface area contributed by atoms with Crippen LogP contribution in [0, 0.1) is 6.92 Å². The fourth-order valence-electron chi connectivity index (χ4n) is 3.53. The Labute approximate surface area is 162 Å². The van der Waals surface area contributed by atoms with Gasteiger partial charge in [-0.05, 0) is 29.6 Å². The van der Waals surface area contributed by atoms with Crippen molar-refractivity contribution in [3.63, 3.8) is 0 Å². The number of fused-ring (bicyclic) bond motifs is 1. The van der Waals surface area contributed by atoms with Crippen LogP contribution in [0.25, 0.3) is 0 Å². The van der Waals surface area contributed by atoms with Crippen molar-refractivity contribution in [1.82, 2.24) is 20.2 Å². The van der Waals surface area contributed by atoms with Crippen molar-refractivity contribution in [2.45, 2.75) is 19.6 Å². The van der Waals surface area contributed by atoms with Crippen LogP contribution in [-0.4, -0.2) is 70.3 Å². The number of rotatable bonds is 4. The van der Waals surface area contributed by atoms with E-state index in [1.165, 1.54) is 12.4 Å². The van der Waals surface area contributed by atoms with Gasteiger partial charge in [0.2, 0.25) is 5.88 Å². The van der Waals surface area contributed by atoms with E-state index >= 15 is 0 Å². The fraction of sp³-hybridized carbons (Fsp3) is 0.389. The number of carbonyl (C=O) groups is 1. The summed E-state index contributed by atoms with van der Waals surface area (Å²) in [4.78, 5) is 22.6. The summed E-state index contributed by atoms with van der Waals surface area (Å²) in [6.07, 6.45) is 2.76. The molecule has 0 saturated carbocycles. The number of ether oxygens (including phenoxy) is 1. The predicted molar refractivity (Wildman–Crippen MR) is 100 cm³/mol. The van der Waals surface area contributed by atoms with E-state index in [1.54, 1.807) is 11.0 Å². The Morgan fingerprint density at radius 1 is 1.43 bits per heavy atom. The molecule has 0 radical (unpaired) electrons. The Hall–Kier alpha value is -2.53. The standard InChI is InChI=1S/C18H21BN4O5/c1-11-15(3-2-12-10-27-19(26)17(11)12)28-16-8-21-14(7-22-16)18(25)23-5-4-20-6-13(23)9-24/h2-3,7-8,13,20,24,26H,4-6,9-10H2,1H3. The van der Waals surface area contributed by atoms with Gasteiger partial charge in [0.15, 0.2) is 0 Å². The number of piperazine rings is 1. The molecular formula is C18H21BN4O5. The van der Waals surface area contributed by atoms with E-state index in [0.29, 0.717) is 37.5 Å². The van der Waals surface area contributed by atoms with Crippen molar-refractivity contribution >= 4 is 18.5 Å². The minimum Gasteiger partial charge on any atom is -0.437 e. The summed E-state index contributed by atoms with van der Waals surface area (Å²) < 4.78 is 11.0. The van der Waals surface area contributed by atoms with Crippen molar-refractivity contribution in [2.24, 2.45) is 0 Å². The van der Waals surface area contributed by atoms with Crippen molar-refractivity contribution in [1.29, 1.82) is 0 Å². The zero-order valence-electron chi connectivity index (χ0n) is 15.5. The minimum atomic E-state index is -0.955. The summed E-state index contributed by atoms with van der Waals surface area (Å²) >= 11 is 0. The van der Waals surface area contributed by atoms with Gasteiger partial charge in [0.05, 0.1) is 31.6 Å². The summed E-state index contributed by atoms with van der Waals surface area (Å²) in [5, 5.41) is 22.6. The third-order valence-corrected chi connectivity index (χ3v) is 5.08. The predicted octanol–water partition coefficient (Wildman–Crippen LogP) is -0.799. The number of aromatic nitrogens is 2. The van der Waals surface area contributed by atoms with E-state index in [4.69, 9.17) is 9.39 Å². The molecule has 0 spiro atoms. The summed E-state index contributed by atoms with van der Waals surface area (Å²) in [7, 11) is -0.955. The maximum absolute atomic E-state index is 12.7. The average Bonchev–Trinajstić information content (AvgIpc) is 3.11. The monoisotopic (exact) mass is 384 g/mol. The lowest BCUT2D eigenvalue weighted by Gasteiger charge is -2.34. The highest BCUT2D eigenvalue weighted by molar-refractivity contribution is 6.62. The van der Waals surface area contributed by atoms with Crippen LogP contribution in [0.2, 0.25) is 0 Å². The SMILES string of the molecule is Cc1c(Oc2cnc(C(=O)N3CCNCC3CO)cn2)ccc2c1B(O)OC2. The lowest BCUT2D eigenvalue weighted by Crippen LogP contribution is -2.55. The summed E-state index contributed by atoms with van der Waals surface area (Å²) in [5.74, 6) is 0.514. The molecule has 0 aliphatic carbocycles. The van der Waals surface area contributed by atoms with Crippen LogP contribution in [-0.2, 0) is 11.3 Å². The molecule has 1 aromatic carbocycles. The van der Waals surface area contributed by atoms with Gasteiger partial charge < -0.3 is 29.7 Å². The smallest absolute Gasteiger partial charge is 0.437 e. The van der Waals surface area contributed by atoms with Gasteiger partial charge >= 0.3 is 7.12 Å². The summed E-state index contributed by atoms with van der Waals surface area (Å²) in [5.41, 5.74) is 2.61. The molecule has 28 heavy (non-hydrogen) atoms. The zero-order chi connectivity index (χ0) is 19.7.